The van der Waals surface area contributed by atoms with Crippen molar-refractivity contribution in [1.29, 1.82) is 0 Å². The highest BCUT2D eigenvalue weighted by Crippen LogP contribution is 2.30. The van der Waals surface area contributed by atoms with Crippen LogP contribution in [0.25, 0.3) is 10.8 Å². The fourth-order valence-electron chi connectivity index (χ4n) is 3.81. The minimum atomic E-state index is -4.06. The van der Waals surface area contributed by atoms with Gasteiger partial charge in [0.2, 0.25) is 0 Å². The Morgan fingerprint density at radius 2 is 1.72 bits per heavy atom. The number of nitro groups is 1. The summed E-state index contributed by atoms with van der Waals surface area (Å²) in [5.74, 6) is 0.590. The molecule has 0 unspecified atom stereocenters. The van der Waals surface area contributed by atoms with E-state index in [4.69, 9.17) is 4.74 Å². The number of hydrogen-bond acceptors (Lipinski definition) is 7. The van der Waals surface area contributed by atoms with E-state index in [0.29, 0.717) is 17.0 Å². The molecule has 0 atom stereocenters. The number of hydrogen-bond donors (Lipinski definition) is 2. The maximum absolute atomic E-state index is 12.9. The summed E-state index contributed by atoms with van der Waals surface area (Å²) in [5.41, 5.74) is 5.10. The first kappa shape index (κ1) is 24.7. The van der Waals surface area contributed by atoms with Crippen molar-refractivity contribution < 1.29 is 18.1 Å². The van der Waals surface area contributed by atoms with Crippen molar-refractivity contribution in [3.63, 3.8) is 0 Å². The number of nitro benzene ring substituents is 1. The Balaban J connectivity index is 1.63. The average molecular weight is 505 g/mol. The van der Waals surface area contributed by atoms with Crippen LogP contribution in [0.2, 0.25) is 0 Å². The number of methoxy groups -OCH3 is 1. The van der Waals surface area contributed by atoms with Crippen molar-refractivity contribution in [2.24, 2.45) is 5.10 Å². The molecule has 4 aromatic carbocycles. The third-order valence-corrected chi connectivity index (χ3v) is 6.99. The SMILES string of the molecule is COc1ccc2ccccc2c1/C=N\Nc1ccc(S(=O)(=O)Nc2ccc(C)cc2C)cc1[N+](=O)[O-]. The van der Waals surface area contributed by atoms with Crippen molar-refractivity contribution in [2.45, 2.75) is 18.7 Å². The Kier molecular flexibility index (Phi) is 6.89. The van der Waals surface area contributed by atoms with Gasteiger partial charge in [0.1, 0.15) is 11.4 Å². The van der Waals surface area contributed by atoms with Gasteiger partial charge in [0.15, 0.2) is 0 Å². The van der Waals surface area contributed by atoms with Crippen molar-refractivity contribution in [3.8, 4) is 5.75 Å². The highest BCUT2D eigenvalue weighted by Gasteiger charge is 2.22. The number of sulfonamides is 1. The van der Waals surface area contributed by atoms with E-state index in [9.17, 15) is 18.5 Å². The van der Waals surface area contributed by atoms with Crippen LogP contribution in [0.1, 0.15) is 16.7 Å². The summed E-state index contributed by atoms with van der Waals surface area (Å²) in [6.07, 6.45) is 1.51. The van der Waals surface area contributed by atoms with Crippen LogP contribution in [0.4, 0.5) is 17.1 Å². The second-order valence-corrected chi connectivity index (χ2v) is 9.81. The number of nitrogens with zero attached hydrogens (tertiary/aromatic N) is 2. The van der Waals surface area contributed by atoms with Gasteiger partial charge in [-0.15, -0.1) is 0 Å². The average Bonchev–Trinajstić information content (AvgIpc) is 2.85. The number of benzene rings is 4. The molecule has 0 saturated carbocycles. The van der Waals surface area contributed by atoms with Gasteiger partial charge < -0.3 is 4.74 Å². The first-order valence-electron chi connectivity index (χ1n) is 10.9. The molecule has 0 saturated heterocycles. The van der Waals surface area contributed by atoms with Crippen LogP contribution in [0.15, 0.2) is 82.8 Å². The molecule has 4 aromatic rings. The molecule has 0 heterocycles. The van der Waals surface area contributed by atoms with Crippen LogP contribution >= 0.6 is 0 Å². The van der Waals surface area contributed by atoms with Gasteiger partial charge in [-0.1, -0.05) is 48.0 Å². The van der Waals surface area contributed by atoms with E-state index in [1.54, 1.807) is 26.2 Å². The first-order valence-corrected chi connectivity index (χ1v) is 12.4. The van der Waals surface area contributed by atoms with E-state index < -0.39 is 20.6 Å². The second-order valence-electron chi connectivity index (χ2n) is 8.13. The molecule has 4 rings (SSSR count). The monoisotopic (exact) mass is 504 g/mol. The molecule has 0 amide bonds. The van der Waals surface area contributed by atoms with Gasteiger partial charge in [-0.3, -0.25) is 20.3 Å². The minimum Gasteiger partial charge on any atom is -0.496 e. The van der Waals surface area contributed by atoms with Crippen LogP contribution in [0.5, 0.6) is 5.75 Å². The molecule has 9 nitrogen and oxygen atoms in total. The Morgan fingerprint density at radius 1 is 0.972 bits per heavy atom. The Hall–Kier alpha value is -4.44. The summed E-state index contributed by atoms with van der Waals surface area (Å²) in [6.45, 7) is 3.68. The number of rotatable bonds is 8. The summed E-state index contributed by atoms with van der Waals surface area (Å²) in [7, 11) is -2.51. The molecule has 0 aliphatic carbocycles. The van der Waals surface area contributed by atoms with Gasteiger partial charge >= 0.3 is 0 Å². The first-order chi connectivity index (χ1) is 17.2. The summed E-state index contributed by atoms with van der Waals surface area (Å²) in [4.78, 5) is 10.8. The van der Waals surface area contributed by atoms with Gasteiger partial charge in [0.05, 0.1) is 28.8 Å². The minimum absolute atomic E-state index is 0.0425. The van der Waals surface area contributed by atoms with Crippen LogP contribution in [-0.2, 0) is 10.0 Å². The topological polar surface area (TPSA) is 123 Å². The summed E-state index contributed by atoms with van der Waals surface area (Å²) in [6, 6.07) is 20.3. The molecular formula is C26H24N4O5S. The zero-order valence-electron chi connectivity index (χ0n) is 19.8. The molecule has 0 aliphatic heterocycles. The molecule has 0 aliphatic rings. The van der Waals surface area contributed by atoms with Crippen LogP contribution in [0.3, 0.4) is 0 Å². The molecule has 2 N–H and O–H groups in total. The van der Waals surface area contributed by atoms with E-state index in [2.05, 4.69) is 15.2 Å². The van der Waals surface area contributed by atoms with Crippen molar-refractivity contribution in [1.82, 2.24) is 0 Å². The number of ether oxygens (including phenoxy) is 1. The molecule has 0 bridgehead atoms. The summed E-state index contributed by atoms with van der Waals surface area (Å²) in [5, 5.41) is 17.8. The van der Waals surface area contributed by atoms with E-state index in [-0.39, 0.29) is 10.6 Å². The molecule has 184 valence electrons. The molecule has 0 aromatic heterocycles. The lowest BCUT2D eigenvalue weighted by atomic mass is 10.0. The highest BCUT2D eigenvalue weighted by molar-refractivity contribution is 7.92. The lowest BCUT2D eigenvalue weighted by Crippen LogP contribution is -2.14. The van der Waals surface area contributed by atoms with Crippen LogP contribution in [0, 0.1) is 24.0 Å². The van der Waals surface area contributed by atoms with Crippen molar-refractivity contribution >= 4 is 44.1 Å². The maximum Gasteiger partial charge on any atom is 0.295 e. The fraction of sp³-hybridized carbons (Fsp3) is 0.115. The zero-order valence-corrected chi connectivity index (χ0v) is 20.7. The fourth-order valence-corrected chi connectivity index (χ4v) is 4.96. The lowest BCUT2D eigenvalue weighted by molar-refractivity contribution is -0.384. The standard InChI is InChI=1S/C26H24N4O5S/c1-17-8-11-23(18(2)14-17)29-36(33,34)20-10-12-24(25(15-20)30(31)32)28-27-16-22-21-7-5-4-6-19(21)9-13-26(22)35-3/h4-16,28-29H,1-3H3/b27-16-. The Bertz CT molecular complexity index is 1600. The molecule has 0 radical (unpaired) electrons. The van der Waals surface area contributed by atoms with Gasteiger partial charge in [-0.05, 0) is 54.4 Å². The summed E-state index contributed by atoms with van der Waals surface area (Å²) >= 11 is 0. The Morgan fingerprint density at radius 3 is 2.44 bits per heavy atom. The second kappa shape index (κ2) is 10.0. The number of hydrazone groups is 1. The lowest BCUT2D eigenvalue weighted by Gasteiger charge is -2.12. The van der Waals surface area contributed by atoms with E-state index in [1.807, 2.05) is 49.4 Å². The maximum atomic E-state index is 12.9. The van der Waals surface area contributed by atoms with E-state index in [0.717, 1.165) is 28.0 Å². The van der Waals surface area contributed by atoms with Gasteiger partial charge in [0.25, 0.3) is 15.7 Å². The highest BCUT2D eigenvalue weighted by atomic mass is 32.2. The van der Waals surface area contributed by atoms with Gasteiger partial charge in [-0.25, -0.2) is 8.42 Å². The molecular weight excluding hydrogens is 480 g/mol. The predicted octanol–water partition coefficient (Wildman–Crippen LogP) is 5.62. The van der Waals surface area contributed by atoms with E-state index >= 15 is 0 Å². The number of aryl methyl sites for hydroxylation is 2. The predicted molar refractivity (Wildman–Crippen MR) is 142 cm³/mol. The number of fused-ring (bicyclic) bond motifs is 1. The third-order valence-electron chi connectivity index (χ3n) is 5.63. The molecule has 0 fully saturated rings. The van der Waals surface area contributed by atoms with Gasteiger partial charge in [0, 0.05) is 11.6 Å². The molecule has 0 spiro atoms. The Labute approximate surface area is 208 Å². The quantitative estimate of drug-likeness (QED) is 0.182. The van der Waals surface area contributed by atoms with Crippen LogP contribution in [-0.4, -0.2) is 26.7 Å². The van der Waals surface area contributed by atoms with Crippen molar-refractivity contribution in [3.05, 3.63) is 99.6 Å². The zero-order chi connectivity index (χ0) is 25.9. The molecule has 10 heteroatoms. The third kappa shape index (κ3) is 5.13. The van der Waals surface area contributed by atoms with E-state index in [1.165, 1.54) is 18.3 Å². The number of anilines is 2. The molecule has 36 heavy (non-hydrogen) atoms. The van der Waals surface area contributed by atoms with Gasteiger partial charge in [-0.2, -0.15) is 5.10 Å². The largest absolute Gasteiger partial charge is 0.496 e. The van der Waals surface area contributed by atoms with Crippen molar-refractivity contribution in [2.75, 3.05) is 17.3 Å². The summed E-state index contributed by atoms with van der Waals surface area (Å²) < 4.78 is 33.8. The number of nitrogens with one attached hydrogen (secondary N) is 2. The van der Waals surface area contributed by atoms with Crippen LogP contribution < -0.4 is 14.9 Å². The normalized spacial score (nSPS) is 11.5. The smallest absolute Gasteiger partial charge is 0.295 e.